The fourth-order valence-electron chi connectivity index (χ4n) is 4.00. The molecule has 7 nitrogen and oxygen atoms in total. The van der Waals surface area contributed by atoms with Gasteiger partial charge in [0.2, 0.25) is 6.23 Å². The van der Waals surface area contributed by atoms with Gasteiger partial charge in [-0.05, 0) is 35.9 Å². The Balaban J connectivity index is 1.57. The van der Waals surface area contributed by atoms with Crippen LogP contribution in [0.1, 0.15) is 35.4 Å². The average Bonchev–Trinajstić information content (AvgIpc) is 3.24. The Morgan fingerprint density at radius 2 is 1.90 bits per heavy atom. The molecule has 3 aromatic rings. The molecule has 7 heteroatoms. The largest absolute Gasteiger partial charge is 0.497 e. The number of nitro groups is 1. The van der Waals surface area contributed by atoms with E-state index in [4.69, 9.17) is 14.6 Å². The molecule has 3 aromatic carbocycles. The number of hydrazone groups is 1. The van der Waals surface area contributed by atoms with E-state index < -0.39 is 11.2 Å². The highest BCUT2D eigenvalue weighted by molar-refractivity contribution is 6.02. The SMILES string of the molecule is COc1ccc(C2=NN3[C@@H](c4cccc([N+](=O)[O-])c4)Oc4ccccc4[C@@H]3C2)cc1. The summed E-state index contributed by atoms with van der Waals surface area (Å²) in [6, 6.07) is 22.2. The molecule has 5 rings (SSSR count). The lowest BCUT2D eigenvalue weighted by atomic mass is 9.96. The molecule has 2 aliphatic heterocycles. The molecule has 0 N–H and O–H groups in total. The van der Waals surface area contributed by atoms with Crippen LogP contribution < -0.4 is 9.47 Å². The van der Waals surface area contributed by atoms with Crippen molar-refractivity contribution in [3.05, 3.63) is 99.6 Å². The fourth-order valence-corrected chi connectivity index (χ4v) is 4.00. The first-order valence-corrected chi connectivity index (χ1v) is 9.64. The number of methoxy groups -OCH3 is 1. The van der Waals surface area contributed by atoms with Gasteiger partial charge in [0.15, 0.2) is 0 Å². The lowest BCUT2D eigenvalue weighted by Crippen LogP contribution is -2.33. The number of non-ortho nitro benzene ring substituents is 1. The van der Waals surface area contributed by atoms with Crippen LogP contribution in [0, 0.1) is 10.1 Å². The topological polar surface area (TPSA) is 77.2 Å². The quantitative estimate of drug-likeness (QED) is 0.462. The maximum Gasteiger partial charge on any atom is 0.269 e. The Labute approximate surface area is 173 Å². The van der Waals surface area contributed by atoms with Crippen LogP contribution in [0.3, 0.4) is 0 Å². The van der Waals surface area contributed by atoms with Gasteiger partial charge in [0.25, 0.3) is 5.69 Å². The maximum atomic E-state index is 11.3. The lowest BCUT2D eigenvalue weighted by Gasteiger charge is -2.38. The van der Waals surface area contributed by atoms with E-state index in [1.54, 1.807) is 19.2 Å². The Kier molecular flexibility index (Phi) is 4.35. The van der Waals surface area contributed by atoms with Gasteiger partial charge in [-0.15, -0.1) is 0 Å². The number of ether oxygens (including phenoxy) is 2. The van der Waals surface area contributed by atoms with Crippen LogP contribution in [0.4, 0.5) is 5.69 Å². The van der Waals surface area contributed by atoms with Crippen molar-refractivity contribution in [2.75, 3.05) is 7.11 Å². The summed E-state index contributed by atoms with van der Waals surface area (Å²) in [6.45, 7) is 0. The molecule has 0 unspecified atom stereocenters. The molecule has 0 saturated heterocycles. The summed E-state index contributed by atoms with van der Waals surface area (Å²) in [5, 5.41) is 18.1. The third-order valence-electron chi connectivity index (χ3n) is 5.49. The van der Waals surface area contributed by atoms with E-state index in [-0.39, 0.29) is 11.7 Å². The molecule has 0 amide bonds. The predicted molar refractivity (Wildman–Crippen MR) is 112 cm³/mol. The molecule has 0 aliphatic carbocycles. The van der Waals surface area contributed by atoms with Gasteiger partial charge in [0, 0.05) is 29.7 Å². The third-order valence-corrected chi connectivity index (χ3v) is 5.49. The highest BCUT2D eigenvalue weighted by atomic mass is 16.6. The Morgan fingerprint density at radius 1 is 1.10 bits per heavy atom. The second-order valence-corrected chi connectivity index (χ2v) is 7.24. The zero-order valence-electron chi connectivity index (χ0n) is 16.3. The molecule has 0 spiro atoms. The van der Waals surface area contributed by atoms with Gasteiger partial charge in [0.1, 0.15) is 11.5 Å². The summed E-state index contributed by atoms with van der Waals surface area (Å²) in [5.41, 5.74) is 3.75. The molecule has 30 heavy (non-hydrogen) atoms. The fraction of sp³-hybridized carbons (Fsp3) is 0.174. The molecule has 0 bridgehead atoms. The minimum absolute atomic E-state index is 0.00341. The molecular formula is C23H19N3O4. The minimum atomic E-state index is -0.541. The molecule has 0 aromatic heterocycles. The first-order chi connectivity index (χ1) is 14.6. The van der Waals surface area contributed by atoms with Crippen molar-refractivity contribution >= 4 is 11.4 Å². The van der Waals surface area contributed by atoms with Crippen molar-refractivity contribution in [3.8, 4) is 11.5 Å². The number of rotatable bonds is 4. The number of para-hydroxylation sites is 1. The third kappa shape index (κ3) is 3.04. The van der Waals surface area contributed by atoms with Gasteiger partial charge < -0.3 is 9.47 Å². The highest BCUT2D eigenvalue weighted by Crippen LogP contribution is 2.47. The summed E-state index contributed by atoms with van der Waals surface area (Å²) >= 11 is 0. The highest BCUT2D eigenvalue weighted by Gasteiger charge is 2.41. The van der Waals surface area contributed by atoms with Gasteiger partial charge >= 0.3 is 0 Å². The van der Waals surface area contributed by atoms with Crippen LogP contribution >= 0.6 is 0 Å². The Bertz CT molecular complexity index is 1140. The van der Waals surface area contributed by atoms with Gasteiger partial charge in [0.05, 0.1) is 23.8 Å². The molecule has 0 saturated carbocycles. The van der Waals surface area contributed by atoms with Crippen molar-refractivity contribution in [1.82, 2.24) is 5.01 Å². The summed E-state index contributed by atoms with van der Waals surface area (Å²) in [6.07, 6.45) is 0.179. The van der Waals surface area contributed by atoms with E-state index in [0.717, 1.165) is 34.8 Å². The van der Waals surface area contributed by atoms with E-state index in [1.165, 1.54) is 6.07 Å². The van der Waals surface area contributed by atoms with E-state index in [1.807, 2.05) is 59.6 Å². The molecule has 150 valence electrons. The average molecular weight is 401 g/mol. The smallest absolute Gasteiger partial charge is 0.269 e. The number of hydrogen-bond acceptors (Lipinski definition) is 6. The molecule has 2 atom stereocenters. The van der Waals surface area contributed by atoms with Crippen LogP contribution in [0.25, 0.3) is 0 Å². The number of hydrogen-bond donors (Lipinski definition) is 0. The second kappa shape index (κ2) is 7.18. The zero-order chi connectivity index (χ0) is 20.7. The van der Waals surface area contributed by atoms with Crippen molar-refractivity contribution in [2.45, 2.75) is 18.7 Å². The number of nitro benzene ring substituents is 1. The number of fused-ring (bicyclic) bond motifs is 3. The molecule has 0 fully saturated rings. The molecular weight excluding hydrogens is 382 g/mol. The van der Waals surface area contributed by atoms with Gasteiger partial charge in [-0.25, -0.2) is 5.01 Å². The lowest BCUT2D eigenvalue weighted by molar-refractivity contribution is -0.385. The van der Waals surface area contributed by atoms with Gasteiger partial charge in [-0.2, -0.15) is 5.10 Å². The first kappa shape index (κ1) is 18.2. The van der Waals surface area contributed by atoms with Crippen LogP contribution in [0.5, 0.6) is 11.5 Å². The van der Waals surface area contributed by atoms with Crippen molar-refractivity contribution in [3.63, 3.8) is 0 Å². The van der Waals surface area contributed by atoms with Crippen LogP contribution in [-0.4, -0.2) is 22.8 Å². The minimum Gasteiger partial charge on any atom is -0.497 e. The maximum absolute atomic E-state index is 11.3. The van der Waals surface area contributed by atoms with Crippen LogP contribution in [0.15, 0.2) is 77.9 Å². The summed E-state index contributed by atoms with van der Waals surface area (Å²) in [7, 11) is 1.64. The van der Waals surface area contributed by atoms with Crippen LogP contribution in [0.2, 0.25) is 0 Å². The van der Waals surface area contributed by atoms with Crippen molar-refractivity contribution in [1.29, 1.82) is 0 Å². The van der Waals surface area contributed by atoms with Crippen molar-refractivity contribution < 1.29 is 14.4 Å². The molecule has 0 radical (unpaired) electrons. The predicted octanol–water partition coefficient (Wildman–Crippen LogP) is 4.85. The van der Waals surface area contributed by atoms with E-state index in [2.05, 4.69) is 0 Å². The second-order valence-electron chi connectivity index (χ2n) is 7.24. The van der Waals surface area contributed by atoms with Crippen LogP contribution in [-0.2, 0) is 0 Å². The van der Waals surface area contributed by atoms with Crippen molar-refractivity contribution in [2.24, 2.45) is 5.10 Å². The first-order valence-electron chi connectivity index (χ1n) is 9.64. The van der Waals surface area contributed by atoms with E-state index in [9.17, 15) is 10.1 Å². The normalized spacial score (nSPS) is 19.4. The summed E-state index contributed by atoms with van der Waals surface area (Å²) in [5.74, 6) is 1.57. The summed E-state index contributed by atoms with van der Waals surface area (Å²) in [4.78, 5) is 10.9. The Hall–Kier alpha value is -3.87. The van der Waals surface area contributed by atoms with E-state index >= 15 is 0 Å². The van der Waals surface area contributed by atoms with Gasteiger partial charge in [-0.1, -0.05) is 30.3 Å². The Morgan fingerprint density at radius 3 is 2.67 bits per heavy atom. The van der Waals surface area contributed by atoms with Gasteiger partial charge in [-0.3, -0.25) is 10.1 Å². The zero-order valence-corrected chi connectivity index (χ0v) is 16.3. The monoisotopic (exact) mass is 401 g/mol. The standard InChI is InChI=1S/C23H19N3O4/c1-29-18-11-9-15(10-12-18)20-14-21-19-7-2-3-8-22(19)30-23(25(21)24-20)16-5-4-6-17(13-16)26(27)28/h2-13,21,23H,14H2,1H3/t21-,23+/m0/s1. The van der Waals surface area contributed by atoms with E-state index in [0.29, 0.717) is 5.56 Å². The number of benzene rings is 3. The molecule has 2 aliphatic rings. The summed E-state index contributed by atoms with van der Waals surface area (Å²) < 4.78 is 11.5. The number of nitrogens with zero attached hydrogens (tertiary/aromatic N) is 3. The molecule has 2 heterocycles.